The third-order valence-corrected chi connectivity index (χ3v) is 7.25. The summed E-state index contributed by atoms with van der Waals surface area (Å²) in [6.45, 7) is 1.85. The molecule has 0 radical (unpaired) electrons. The molecule has 0 aromatic rings. The first kappa shape index (κ1) is 22.1. The van der Waals surface area contributed by atoms with Crippen molar-refractivity contribution in [1.29, 1.82) is 0 Å². The molecule has 7 heteroatoms. The Bertz CT molecular complexity index is 585. The highest BCUT2D eigenvalue weighted by atomic mass is 16.6. The number of quaternary nitrogens is 1. The lowest BCUT2D eigenvalue weighted by Crippen LogP contribution is -2.61. The van der Waals surface area contributed by atoms with Gasteiger partial charge in [-0.3, -0.25) is 4.79 Å². The Kier molecular flexibility index (Phi) is 7.92. The van der Waals surface area contributed by atoms with Gasteiger partial charge in [0.2, 0.25) is 5.91 Å². The van der Waals surface area contributed by atoms with Gasteiger partial charge in [0, 0.05) is 19.4 Å². The average Bonchev–Trinajstić information content (AvgIpc) is 3.14. The van der Waals surface area contributed by atoms with Gasteiger partial charge in [-0.25, -0.2) is 4.79 Å². The van der Waals surface area contributed by atoms with Crippen LogP contribution in [0.15, 0.2) is 0 Å². The van der Waals surface area contributed by atoms with Gasteiger partial charge in [-0.05, 0) is 31.1 Å². The molecule has 1 heterocycles. The molecule has 1 saturated heterocycles. The summed E-state index contributed by atoms with van der Waals surface area (Å²) in [4.78, 5) is 39.7. The molecule has 2 aliphatic carbocycles. The second kappa shape index (κ2) is 10.4. The maximum Gasteiger partial charge on any atom is 0.525 e. The number of carbonyl (C=O) groups is 3. The third-order valence-electron chi connectivity index (χ3n) is 7.25. The molecule has 3 rings (SSSR count). The molecule has 0 aromatic carbocycles. The van der Waals surface area contributed by atoms with Crippen LogP contribution >= 0.6 is 0 Å². The summed E-state index contributed by atoms with van der Waals surface area (Å²) in [6, 6.07) is -0.668. The van der Waals surface area contributed by atoms with Gasteiger partial charge in [0.25, 0.3) is 0 Å². The molecular formula is C22H38N3O4+. The smallest absolute Gasteiger partial charge is 0.419 e. The number of primary amides is 1. The van der Waals surface area contributed by atoms with Gasteiger partial charge in [0.15, 0.2) is 0 Å². The van der Waals surface area contributed by atoms with Crippen LogP contribution in [0.5, 0.6) is 0 Å². The topological polar surface area (TPSA) is 89.7 Å². The molecular weight excluding hydrogens is 370 g/mol. The highest BCUT2D eigenvalue weighted by Crippen LogP contribution is 2.29. The van der Waals surface area contributed by atoms with Crippen LogP contribution in [0.3, 0.4) is 0 Å². The van der Waals surface area contributed by atoms with Crippen molar-refractivity contribution in [2.24, 2.45) is 17.6 Å². The summed E-state index contributed by atoms with van der Waals surface area (Å²) in [5.74, 6) is 1.21. The number of nitrogens with two attached hydrogens (primary N) is 1. The zero-order valence-corrected chi connectivity index (χ0v) is 17.8. The van der Waals surface area contributed by atoms with Crippen LogP contribution < -0.4 is 5.73 Å². The first-order chi connectivity index (χ1) is 14.0. The van der Waals surface area contributed by atoms with Gasteiger partial charge < -0.3 is 15.4 Å². The summed E-state index contributed by atoms with van der Waals surface area (Å²) < 4.78 is 5.09. The zero-order chi connectivity index (χ0) is 20.7. The van der Waals surface area contributed by atoms with Crippen LogP contribution in [0.25, 0.3) is 0 Å². The highest BCUT2D eigenvalue weighted by molar-refractivity contribution is 5.79. The quantitative estimate of drug-likeness (QED) is 0.701. The summed E-state index contributed by atoms with van der Waals surface area (Å²) in [5, 5.41) is 0. The van der Waals surface area contributed by atoms with Crippen LogP contribution in [0.1, 0.15) is 77.0 Å². The first-order valence-electron chi connectivity index (χ1n) is 11.6. The van der Waals surface area contributed by atoms with Crippen LogP contribution in [0, 0.1) is 11.8 Å². The summed E-state index contributed by atoms with van der Waals surface area (Å²) in [6.07, 6.45) is 12.3. The van der Waals surface area contributed by atoms with Crippen LogP contribution in [0.4, 0.5) is 9.59 Å². The van der Waals surface area contributed by atoms with E-state index in [0.29, 0.717) is 50.9 Å². The molecule has 164 valence electrons. The predicted molar refractivity (Wildman–Crippen MR) is 110 cm³/mol. The van der Waals surface area contributed by atoms with E-state index >= 15 is 0 Å². The SMILES string of the molecule is NC(=O)[N+]1(C(=O)OCC2CCCCC2)CCCN(C(=O)CCC2CCCC2)CC1. The number of hydrogen-bond donors (Lipinski definition) is 1. The highest BCUT2D eigenvalue weighted by Gasteiger charge is 2.47. The van der Waals surface area contributed by atoms with Crippen molar-refractivity contribution >= 4 is 18.0 Å². The molecule has 7 nitrogen and oxygen atoms in total. The van der Waals surface area contributed by atoms with Gasteiger partial charge in [-0.2, -0.15) is 4.79 Å². The summed E-state index contributed by atoms with van der Waals surface area (Å²) in [7, 11) is 0. The molecule has 3 aliphatic rings. The van der Waals surface area contributed by atoms with Gasteiger partial charge in [0.1, 0.15) is 13.2 Å². The Hall–Kier alpha value is -1.63. The second-order valence-corrected chi connectivity index (χ2v) is 9.26. The molecule has 1 aliphatic heterocycles. The standard InChI is InChI=1S/C22H37N3O4/c23-21(27)25(22(28)29-17-19-9-2-1-3-10-19)15-6-13-24(14-16-25)20(26)12-11-18-7-4-5-8-18/h18-19H,1-17H2,(H-,23,27)/p+1. The largest absolute Gasteiger partial charge is 0.525 e. The fourth-order valence-corrected chi connectivity index (χ4v) is 5.24. The lowest BCUT2D eigenvalue weighted by molar-refractivity contribution is -0.774. The normalized spacial score (nSPS) is 26.8. The van der Waals surface area contributed by atoms with Crippen molar-refractivity contribution < 1.29 is 23.6 Å². The van der Waals surface area contributed by atoms with Crippen LogP contribution in [-0.4, -0.2) is 60.2 Å². The van der Waals surface area contributed by atoms with Crippen molar-refractivity contribution in [3.05, 3.63) is 0 Å². The van der Waals surface area contributed by atoms with E-state index in [0.717, 1.165) is 19.3 Å². The number of hydrogen-bond acceptors (Lipinski definition) is 4. The van der Waals surface area contributed by atoms with Gasteiger partial charge in [0.05, 0.1) is 13.1 Å². The molecule has 3 fully saturated rings. The predicted octanol–water partition coefficient (Wildman–Crippen LogP) is 3.80. The van der Waals surface area contributed by atoms with Crippen molar-refractivity contribution in [3.63, 3.8) is 0 Å². The fourth-order valence-electron chi connectivity index (χ4n) is 5.24. The van der Waals surface area contributed by atoms with Gasteiger partial charge in [-0.15, -0.1) is 4.48 Å². The molecule has 0 aromatic heterocycles. The number of amides is 4. The minimum atomic E-state index is -0.668. The third kappa shape index (κ3) is 5.71. The van der Waals surface area contributed by atoms with Crippen molar-refractivity contribution in [3.8, 4) is 0 Å². The molecule has 0 spiro atoms. The Labute approximate surface area is 174 Å². The van der Waals surface area contributed by atoms with E-state index in [1.807, 2.05) is 4.90 Å². The zero-order valence-electron chi connectivity index (χ0n) is 17.8. The van der Waals surface area contributed by atoms with E-state index in [1.54, 1.807) is 0 Å². The minimum absolute atomic E-state index is 0.136. The van der Waals surface area contributed by atoms with Crippen molar-refractivity contribution in [2.45, 2.75) is 77.0 Å². The molecule has 1 atom stereocenters. The van der Waals surface area contributed by atoms with Gasteiger partial charge >= 0.3 is 12.1 Å². The number of rotatable bonds is 5. The summed E-state index contributed by atoms with van der Waals surface area (Å²) >= 11 is 0. The lowest BCUT2D eigenvalue weighted by atomic mass is 9.90. The minimum Gasteiger partial charge on any atom is -0.419 e. The number of nitrogens with zero attached hydrogens (tertiary/aromatic N) is 2. The van der Waals surface area contributed by atoms with E-state index in [4.69, 9.17) is 10.5 Å². The molecule has 4 amide bonds. The molecule has 0 bridgehead atoms. The molecule has 29 heavy (non-hydrogen) atoms. The average molecular weight is 409 g/mol. The number of urea groups is 1. The van der Waals surface area contributed by atoms with E-state index in [9.17, 15) is 14.4 Å². The Morgan fingerprint density at radius 2 is 1.52 bits per heavy atom. The van der Waals surface area contributed by atoms with E-state index in [2.05, 4.69) is 0 Å². The van der Waals surface area contributed by atoms with E-state index in [-0.39, 0.29) is 12.5 Å². The molecule has 2 saturated carbocycles. The first-order valence-corrected chi connectivity index (χ1v) is 11.6. The monoisotopic (exact) mass is 408 g/mol. The molecule has 1 unspecified atom stereocenters. The van der Waals surface area contributed by atoms with Crippen molar-refractivity contribution in [2.75, 3.05) is 32.8 Å². The molecule has 2 N–H and O–H groups in total. The maximum atomic E-state index is 12.9. The Balaban J connectivity index is 1.53. The maximum absolute atomic E-state index is 12.9. The van der Waals surface area contributed by atoms with Crippen LogP contribution in [-0.2, 0) is 9.53 Å². The lowest BCUT2D eigenvalue weighted by Gasteiger charge is -2.30. The van der Waals surface area contributed by atoms with E-state index in [1.165, 1.54) is 44.9 Å². The fraction of sp³-hybridized carbons (Fsp3) is 0.864. The van der Waals surface area contributed by atoms with Crippen LogP contribution in [0.2, 0.25) is 0 Å². The Morgan fingerprint density at radius 1 is 0.862 bits per heavy atom. The number of carbonyl (C=O) groups excluding carboxylic acids is 3. The Morgan fingerprint density at radius 3 is 2.21 bits per heavy atom. The van der Waals surface area contributed by atoms with Crippen molar-refractivity contribution in [1.82, 2.24) is 4.90 Å². The second-order valence-electron chi connectivity index (χ2n) is 9.26. The number of imide groups is 1. The summed E-state index contributed by atoms with van der Waals surface area (Å²) in [5.41, 5.74) is 5.67. The number of ether oxygens (including phenoxy) is 1. The van der Waals surface area contributed by atoms with Gasteiger partial charge in [-0.1, -0.05) is 44.9 Å². The van der Waals surface area contributed by atoms with E-state index < -0.39 is 16.6 Å².